The summed E-state index contributed by atoms with van der Waals surface area (Å²) in [5.41, 5.74) is 2.60. The number of aryl methyl sites for hydroxylation is 1. The molecule has 0 bridgehead atoms. The molecule has 0 saturated carbocycles. The van der Waals surface area contributed by atoms with Crippen LogP contribution in [0.3, 0.4) is 0 Å². The summed E-state index contributed by atoms with van der Waals surface area (Å²) in [5.74, 6) is -1.09. The van der Waals surface area contributed by atoms with Crippen LogP contribution < -0.4 is 0 Å². The van der Waals surface area contributed by atoms with E-state index in [1.54, 1.807) is 42.4 Å². The van der Waals surface area contributed by atoms with Crippen LogP contribution in [0.4, 0.5) is 4.39 Å². The number of halogens is 1. The summed E-state index contributed by atoms with van der Waals surface area (Å²) in [7, 11) is -1.85. The van der Waals surface area contributed by atoms with Gasteiger partial charge in [0, 0.05) is 44.0 Å². The molecule has 0 spiro atoms. The lowest BCUT2D eigenvalue weighted by Crippen LogP contribution is -2.32. The monoisotopic (exact) mass is 412 g/mol. The molecule has 0 aliphatic carbocycles. The molecule has 0 N–H and O–H groups in total. The van der Waals surface area contributed by atoms with E-state index in [9.17, 15) is 17.6 Å². The zero-order valence-corrected chi connectivity index (χ0v) is 16.3. The first kappa shape index (κ1) is 18.0. The Morgan fingerprint density at radius 3 is 2.62 bits per heavy atom. The third-order valence-corrected chi connectivity index (χ3v) is 8.03. The maximum absolute atomic E-state index is 13.1. The van der Waals surface area contributed by atoms with E-state index in [1.165, 1.54) is 16.9 Å². The Hall–Kier alpha value is -3.07. The van der Waals surface area contributed by atoms with Gasteiger partial charge in [0.1, 0.15) is 5.69 Å². The molecule has 1 saturated heterocycles. The minimum absolute atomic E-state index is 0.152. The summed E-state index contributed by atoms with van der Waals surface area (Å²) < 4.78 is 40.7. The fraction of sp³-hybridized carbons (Fsp3) is 0.250. The van der Waals surface area contributed by atoms with Gasteiger partial charge in [-0.1, -0.05) is 6.07 Å². The lowest BCUT2D eigenvalue weighted by molar-refractivity contribution is 0.0780. The topological polar surface area (TPSA) is 85.2 Å². The van der Waals surface area contributed by atoms with Gasteiger partial charge in [-0.15, -0.1) is 0 Å². The second-order valence-electron chi connectivity index (χ2n) is 7.36. The minimum atomic E-state index is -3.53. The van der Waals surface area contributed by atoms with Gasteiger partial charge in [-0.3, -0.25) is 9.48 Å². The summed E-state index contributed by atoms with van der Waals surface area (Å²) in [6.07, 6.45) is 2.96. The molecule has 0 unspecified atom stereocenters. The summed E-state index contributed by atoms with van der Waals surface area (Å²) >= 11 is 0. The molecule has 4 heterocycles. The van der Waals surface area contributed by atoms with Crippen molar-refractivity contribution in [1.29, 1.82) is 0 Å². The van der Waals surface area contributed by atoms with E-state index in [1.807, 2.05) is 6.07 Å². The van der Waals surface area contributed by atoms with Crippen LogP contribution in [0.15, 0.2) is 53.7 Å². The Balaban J connectivity index is 1.52. The van der Waals surface area contributed by atoms with E-state index in [0.29, 0.717) is 28.3 Å². The molecular weight excluding hydrogens is 395 g/mol. The smallest absolute Gasteiger partial charge is 0.272 e. The van der Waals surface area contributed by atoms with E-state index in [0.717, 1.165) is 5.56 Å². The van der Waals surface area contributed by atoms with Crippen LogP contribution in [0.5, 0.6) is 0 Å². The van der Waals surface area contributed by atoms with Crippen molar-refractivity contribution in [3.05, 3.63) is 66.0 Å². The minimum Gasteiger partial charge on any atom is -0.335 e. The predicted octanol–water partition coefficient (Wildman–Crippen LogP) is 2.02. The molecule has 0 radical (unpaired) electrons. The Bertz CT molecular complexity index is 1240. The summed E-state index contributed by atoms with van der Waals surface area (Å²) in [4.78, 5) is 18.4. The van der Waals surface area contributed by atoms with Crippen molar-refractivity contribution >= 4 is 15.7 Å². The number of benzene rings is 1. The number of aromatic nitrogens is 3. The molecular formula is C20H17FN4O3S. The fourth-order valence-corrected chi connectivity index (χ4v) is 6.45. The molecule has 1 aromatic carbocycles. The number of sulfone groups is 1. The van der Waals surface area contributed by atoms with Crippen LogP contribution >= 0.6 is 0 Å². The zero-order chi connectivity index (χ0) is 20.3. The quantitative estimate of drug-likeness (QED) is 0.601. The van der Waals surface area contributed by atoms with Crippen LogP contribution in [0.2, 0.25) is 0 Å². The number of carbonyl (C=O) groups excluding carboxylic acids is 1. The Kier molecular flexibility index (Phi) is 3.86. The number of nitrogens with zero attached hydrogens (tertiary/aromatic N) is 4. The number of hydrogen-bond acceptors (Lipinski definition) is 5. The molecule has 2 atom stereocenters. The molecule has 2 aliphatic rings. The highest BCUT2D eigenvalue weighted by atomic mass is 32.2. The second-order valence-corrected chi connectivity index (χ2v) is 9.50. The molecule has 29 heavy (non-hydrogen) atoms. The van der Waals surface area contributed by atoms with Gasteiger partial charge in [0.15, 0.2) is 9.84 Å². The van der Waals surface area contributed by atoms with Crippen molar-refractivity contribution in [1.82, 2.24) is 19.7 Å². The highest BCUT2D eigenvalue weighted by Crippen LogP contribution is 2.46. The van der Waals surface area contributed by atoms with Crippen molar-refractivity contribution in [3.63, 3.8) is 0 Å². The van der Waals surface area contributed by atoms with Crippen LogP contribution in [0.1, 0.15) is 22.0 Å². The number of hydrogen-bond donors (Lipinski definition) is 0. The summed E-state index contributed by atoms with van der Waals surface area (Å²) in [6.45, 7) is 0.477. The van der Waals surface area contributed by atoms with Gasteiger partial charge >= 0.3 is 0 Å². The van der Waals surface area contributed by atoms with Gasteiger partial charge in [0.25, 0.3) is 5.91 Å². The van der Waals surface area contributed by atoms with E-state index >= 15 is 0 Å². The number of pyridine rings is 1. The average Bonchev–Trinajstić information content (AvgIpc) is 3.38. The highest BCUT2D eigenvalue weighted by Gasteiger charge is 2.51. The van der Waals surface area contributed by atoms with E-state index in [4.69, 9.17) is 0 Å². The third kappa shape index (κ3) is 2.68. The molecule has 9 heteroatoms. The zero-order valence-electron chi connectivity index (χ0n) is 15.5. The molecule has 2 aromatic heterocycles. The van der Waals surface area contributed by atoms with Gasteiger partial charge in [-0.05, 0) is 41.5 Å². The van der Waals surface area contributed by atoms with E-state index in [2.05, 4.69) is 10.1 Å². The maximum atomic E-state index is 13.1. The van der Waals surface area contributed by atoms with Crippen molar-refractivity contribution in [3.8, 4) is 11.1 Å². The number of likely N-dealkylation sites (tertiary alicyclic amines) is 1. The standard InChI is InChI=1S/C20H17FN4O3S/c1-24-16(6-7-23-24)20(26)25-10-15-14-8-12(13-3-5-19(21)22-9-13)2-4-17(14)29(27,28)18(15)11-25/h2-9,15,18H,10-11H2,1H3/t15-,18+/m0/s1. The molecule has 7 nitrogen and oxygen atoms in total. The number of fused-ring (bicyclic) bond motifs is 3. The van der Waals surface area contributed by atoms with Crippen molar-refractivity contribution < 1.29 is 17.6 Å². The third-order valence-electron chi connectivity index (χ3n) is 5.77. The lowest BCUT2D eigenvalue weighted by atomic mass is 9.95. The first-order chi connectivity index (χ1) is 13.9. The fourth-order valence-electron chi connectivity index (χ4n) is 4.29. The van der Waals surface area contributed by atoms with E-state index in [-0.39, 0.29) is 18.4 Å². The van der Waals surface area contributed by atoms with Gasteiger partial charge in [0.2, 0.25) is 5.95 Å². The van der Waals surface area contributed by atoms with Gasteiger partial charge in [0.05, 0.1) is 10.1 Å². The maximum Gasteiger partial charge on any atom is 0.272 e. The Morgan fingerprint density at radius 1 is 1.14 bits per heavy atom. The summed E-state index contributed by atoms with van der Waals surface area (Å²) in [5, 5.41) is 3.36. The first-order valence-corrected chi connectivity index (χ1v) is 10.7. The Morgan fingerprint density at radius 2 is 1.93 bits per heavy atom. The first-order valence-electron chi connectivity index (χ1n) is 9.13. The Labute approximate surface area is 166 Å². The van der Waals surface area contributed by atoms with Crippen molar-refractivity contribution in [2.45, 2.75) is 16.1 Å². The molecule has 5 rings (SSSR count). The molecule has 1 fully saturated rings. The molecule has 3 aromatic rings. The predicted molar refractivity (Wildman–Crippen MR) is 102 cm³/mol. The summed E-state index contributed by atoms with van der Waals surface area (Å²) in [6, 6.07) is 9.65. The van der Waals surface area contributed by atoms with Gasteiger partial charge in [-0.25, -0.2) is 13.4 Å². The van der Waals surface area contributed by atoms with Crippen molar-refractivity contribution in [2.75, 3.05) is 13.1 Å². The van der Waals surface area contributed by atoms with Gasteiger partial charge < -0.3 is 4.90 Å². The SMILES string of the molecule is Cn1nccc1C(=O)N1C[C@@H]2[C@@H](C1)c1cc(-c3ccc(F)nc3)ccc1S2(=O)=O. The second kappa shape index (κ2) is 6.21. The van der Waals surface area contributed by atoms with Crippen LogP contribution in [-0.4, -0.2) is 52.3 Å². The average molecular weight is 412 g/mol. The van der Waals surface area contributed by atoms with Gasteiger partial charge in [-0.2, -0.15) is 9.49 Å². The highest BCUT2D eigenvalue weighted by molar-refractivity contribution is 7.92. The number of carbonyl (C=O) groups is 1. The normalized spacial score (nSPS) is 21.8. The van der Waals surface area contributed by atoms with E-state index < -0.39 is 21.0 Å². The number of amides is 1. The largest absolute Gasteiger partial charge is 0.335 e. The molecule has 148 valence electrons. The van der Waals surface area contributed by atoms with Crippen LogP contribution in [-0.2, 0) is 16.9 Å². The molecule has 1 amide bonds. The van der Waals surface area contributed by atoms with Crippen LogP contribution in [0.25, 0.3) is 11.1 Å². The lowest BCUT2D eigenvalue weighted by Gasteiger charge is -2.18. The number of rotatable bonds is 2. The van der Waals surface area contributed by atoms with Crippen molar-refractivity contribution in [2.24, 2.45) is 7.05 Å². The molecule has 2 aliphatic heterocycles. The van der Waals surface area contributed by atoms with Crippen LogP contribution in [0, 0.1) is 5.95 Å².